The Bertz CT molecular complexity index is 601. The van der Waals surface area contributed by atoms with Crippen LogP contribution in [0.1, 0.15) is 12.6 Å². The topological polar surface area (TPSA) is 71.7 Å². The van der Waals surface area contributed by atoms with Crippen LogP contribution in [0.4, 0.5) is 0 Å². The molecule has 0 saturated carbocycles. The Hall–Kier alpha value is -1.61. The van der Waals surface area contributed by atoms with E-state index in [1.54, 1.807) is 20.4 Å². The Balaban J connectivity index is 0.00000264. The number of guanidine groups is 1. The van der Waals surface area contributed by atoms with Crippen molar-refractivity contribution in [1.29, 1.82) is 0 Å². The van der Waals surface area contributed by atoms with Crippen molar-refractivity contribution < 1.29 is 9.15 Å². The maximum absolute atomic E-state index is 5.50. The lowest BCUT2D eigenvalue weighted by atomic mass is 10.2. The zero-order chi connectivity index (χ0) is 15.8. The van der Waals surface area contributed by atoms with E-state index >= 15 is 0 Å². The zero-order valence-corrected chi connectivity index (χ0v) is 15.9. The smallest absolute Gasteiger partial charge is 0.226 e. The Morgan fingerprint density at radius 3 is 2.74 bits per heavy atom. The molecule has 1 heterocycles. The summed E-state index contributed by atoms with van der Waals surface area (Å²) in [5, 5.41) is 6.43. The molecule has 0 aliphatic rings. The summed E-state index contributed by atoms with van der Waals surface area (Å²) in [5.74, 6) is 1.32. The van der Waals surface area contributed by atoms with Gasteiger partial charge >= 0.3 is 0 Å². The predicted octanol–water partition coefficient (Wildman–Crippen LogP) is 2.66. The number of nitrogens with zero attached hydrogens (tertiary/aromatic N) is 2. The van der Waals surface area contributed by atoms with Crippen LogP contribution >= 0.6 is 24.0 Å². The van der Waals surface area contributed by atoms with Gasteiger partial charge in [0.2, 0.25) is 5.89 Å². The maximum Gasteiger partial charge on any atom is 0.226 e. The van der Waals surface area contributed by atoms with Crippen LogP contribution in [-0.2, 0) is 11.3 Å². The molecule has 1 atom stereocenters. The summed E-state index contributed by atoms with van der Waals surface area (Å²) in [5.41, 5.74) is 1.78. The van der Waals surface area contributed by atoms with Crippen LogP contribution in [0, 0.1) is 0 Å². The number of oxazole rings is 1. The zero-order valence-electron chi connectivity index (χ0n) is 13.6. The number of aliphatic imine (C=N–C) groups is 1. The van der Waals surface area contributed by atoms with E-state index in [9.17, 15) is 0 Å². The average molecular weight is 430 g/mol. The maximum atomic E-state index is 5.50. The third kappa shape index (κ3) is 6.19. The lowest BCUT2D eigenvalue weighted by Crippen LogP contribution is -2.43. The summed E-state index contributed by atoms with van der Waals surface area (Å²) in [6, 6.07) is 9.99. The van der Waals surface area contributed by atoms with Crippen LogP contribution in [0.3, 0.4) is 0 Å². The highest BCUT2D eigenvalue weighted by molar-refractivity contribution is 14.0. The van der Waals surface area contributed by atoms with E-state index in [1.807, 2.05) is 37.3 Å². The Morgan fingerprint density at radius 2 is 2.09 bits per heavy atom. The predicted molar refractivity (Wildman–Crippen MR) is 102 cm³/mol. The molecular weight excluding hydrogens is 407 g/mol. The summed E-state index contributed by atoms with van der Waals surface area (Å²) >= 11 is 0. The first-order valence-electron chi connectivity index (χ1n) is 7.19. The fourth-order valence-electron chi connectivity index (χ4n) is 2.00. The van der Waals surface area contributed by atoms with Gasteiger partial charge in [-0.2, -0.15) is 0 Å². The van der Waals surface area contributed by atoms with Crippen LogP contribution in [0.5, 0.6) is 0 Å². The van der Waals surface area contributed by atoms with Gasteiger partial charge in [-0.1, -0.05) is 18.2 Å². The number of aromatic nitrogens is 1. The molecule has 0 radical (unpaired) electrons. The van der Waals surface area contributed by atoms with Crippen LogP contribution in [0.15, 0.2) is 46.0 Å². The fourth-order valence-corrected chi connectivity index (χ4v) is 2.00. The minimum Gasteiger partial charge on any atom is -0.444 e. The van der Waals surface area contributed by atoms with E-state index in [1.165, 1.54) is 0 Å². The second kappa shape index (κ2) is 10.2. The lowest BCUT2D eigenvalue weighted by Gasteiger charge is -2.16. The van der Waals surface area contributed by atoms with Crippen molar-refractivity contribution in [3.8, 4) is 11.5 Å². The van der Waals surface area contributed by atoms with E-state index in [0.29, 0.717) is 25.0 Å². The summed E-state index contributed by atoms with van der Waals surface area (Å²) in [7, 11) is 3.40. The van der Waals surface area contributed by atoms with E-state index in [0.717, 1.165) is 11.3 Å². The van der Waals surface area contributed by atoms with Gasteiger partial charge in [0.1, 0.15) is 6.26 Å². The number of rotatable bonds is 6. The third-order valence-electron chi connectivity index (χ3n) is 3.03. The average Bonchev–Trinajstić information content (AvgIpc) is 3.01. The molecule has 2 rings (SSSR count). The largest absolute Gasteiger partial charge is 0.444 e. The van der Waals surface area contributed by atoms with Crippen molar-refractivity contribution in [1.82, 2.24) is 15.6 Å². The van der Waals surface area contributed by atoms with Crippen LogP contribution < -0.4 is 10.6 Å². The Kier molecular flexibility index (Phi) is 8.64. The van der Waals surface area contributed by atoms with Gasteiger partial charge in [-0.05, 0) is 19.1 Å². The van der Waals surface area contributed by atoms with Gasteiger partial charge in [0.25, 0.3) is 0 Å². The van der Waals surface area contributed by atoms with Crippen LogP contribution in [0.25, 0.3) is 11.5 Å². The minimum atomic E-state index is 0. The van der Waals surface area contributed by atoms with Crippen LogP contribution in [0.2, 0.25) is 0 Å². The molecule has 2 N–H and O–H groups in total. The number of hydrogen-bond donors (Lipinski definition) is 2. The molecule has 0 aliphatic heterocycles. The summed E-state index contributed by atoms with van der Waals surface area (Å²) in [4.78, 5) is 8.64. The number of hydrogen-bond acceptors (Lipinski definition) is 4. The van der Waals surface area contributed by atoms with E-state index in [2.05, 4.69) is 20.6 Å². The van der Waals surface area contributed by atoms with Gasteiger partial charge in [0.15, 0.2) is 5.96 Å². The molecule has 1 aromatic heterocycles. The second-order valence-corrected chi connectivity index (χ2v) is 4.94. The minimum absolute atomic E-state index is 0. The van der Waals surface area contributed by atoms with E-state index in [4.69, 9.17) is 9.15 Å². The second-order valence-electron chi connectivity index (χ2n) is 4.94. The summed E-state index contributed by atoms with van der Waals surface area (Å²) in [6.07, 6.45) is 1.65. The molecule has 0 aliphatic carbocycles. The molecule has 0 saturated heterocycles. The van der Waals surface area contributed by atoms with E-state index in [-0.39, 0.29) is 30.0 Å². The number of ether oxygens (including phenoxy) is 1. The number of benzene rings is 1. The molecule has 7 heteroatoms. The van der Waals surface area contributed by atoms with Gasteiger partial charge in [-0.3, -0.25) is 4.99 Å². The van der Waals surface area contributed by atoms with Gasteiger partial charge < -0.3 is 19.8 Å². The standard InChI is InChI=1S/C16H22N4O2.HI/c1-12(10-21-3)19-16(17-2)18-9-14-11-22-15(20-14)13-7-5-4-6-8-13;/h4-8,11-12H,9-10H2,1-3H3,(H2,17,18,19);1H. The number of nitrogens with one attached hydrogen (secondary N) is 2. The summed E-state index contributed by atoms with van der Waals surface area (Å²) < 4.78 is 10.6. The SMILES string of the molecule is CN=C(NCc1coc(-c2ccccc2)n1)NC(C)COC.I. The van der Waals surface area contributed by atoms with Gasteiger partial charge in [0, 0.05) is 25.8 Å². The van der Waals surface area contributed by atoms with Crippen molar-refractivity contribution >= 4 is 29.9 Å². The first kappa shape index (κ1) is 19.4. The molecule has 1 aromatic carbocycles. The first-order chi connectivity index (χ1) is 10.7. The molecule has 6 nitrogen and oxygen atoms in total. The molecule has 23 heavy (non-hydrogen) atoms. The van der Waals surface area contributed by atoms with Crippen molar-refractivity contribution in [3.63, 3.8) is 0 Å². The molecule has 0 fully saturated rings. The summed E-state index contributed by atoms with van der Waals surface area (Å²) in [6.45, 7) is 3.18. The van der Waals surface area contributed by atoms with Crippen molar-refractivity contribution in [2.75, 3.05) is 20.8 Å². The molecule has 126 valence electrons. The van der Waals surface area contributed by atoms with Crippen molar-refractivity contribution in [2.45, 2.75) is 19.5 Å². The highest BCUT2D eigenvalue weighted by atomic mass is 127. The fraction of sp³-hybridized carbons (Fsp3) is 0.375. The molecule has 0 bridgehead atoms. The molecule has 2 aromatic rings. The molecule has 0 spiro atoms. The quantitative estimate of drug-likeness (QED) is 0.419. The molecule has 1 unspecified atom stereocenters. The van der Waals surface area contributed by atoms with Gasteiger partial charge in [0.05, 0.1) is 18.8 Å². The third-order valence-corrected chi connectivity index (χ3v) is 3.03. The first-order valence-corrected chi connectivity index (χ1v) is 7.19. The normalized spacial score (nSPS) is 12.4. The molecule has 0 amide bonds. The Morgan fingerprint density at radius 1 is 1.35 bits per heavy atom. The molecular formula is C16H23IN4O2. The number of halogens is 1. The van der Waals surface area contributed by atoms with E-state index < -0.39 is 0 Å². The van der Waals surface area contributed by atoms with Crippen molar-refractivity contribution in [3.05, 3.63) is 42.3 Å². The lowest BCUT2D eigenvalue weighted by molar-refractivity contribution is 0.179. The van der Waals surface area contributed by atoms with Gasteiger partial charge in [-0.15, -0.1) is 24.0 Å². The van der Waals surface area contributed by atoms with Crippen molar-refractivity contribution in [2.24, 2.45) is 4.99 Å². The number of methoxy groups -OCH3 is 1. The monoisotopic (exact) mass is 430 g/mol. The highest BCUT2D eigenvalue weighted by Gasteiger charge is 2.08. The highest BCUT2D eigenvalue weighted by Crippen LogP contribution is 2.17. The van der Waals surface area contributed by atoms with Gasteiger partial charge in [-0.25, -0.2) is 4.98 Å². The Labute approximate surface area is 153 Å². The van der Waals surface area contributed by atoms with Crippen LogP contribution in [-0.4, -0.2) is 37.7 Å².